The minimum atomic E-state index is 0.211. The summed E-state index contributed by atoms with van der Waals surface area (Å²) < 4.78 is 7.67. The van der Waals surface area contributed by atoms with Crippen molar-refractivity contribution in [1.82, 2.24) is 25.2 Å². The number of morpholine rings is 1. The predicted molar refractivity (Wildman–Crippen MR) is 74.0 cm³/mol. The summed E-state index contributed by atoms with van der Waals surface area (Å²) in [4.78, 5) is 2.47. The molecule has 0 aromatic carbocycles. The van der Waals surface area contributed by atoms with Crippen molar-refractivity contribution in [3.63, 3.8) is 0 Å². The Kier molecular flexibility index (Phi) is 4.90. The summed E-state index contributed by atoms with van der Waals surface area (Å²) in [5.74, 6) is 0. The van der Waals surface area contributed by atoms with Crippen LogP contribution in [0.1, 0.15) is 19.5 Å². The normalized spacial score (nSPS) is 22.9. The van der Waals surface area contributed by atoms with Crippen molar-refractivity contribution >= 4 is 0 Å². The van der Waals surface area contributed by atoms with Gasteiger partial charge in [0.1, 0.15) is 0 Å². The van der Waals surface area contributed by atoms with Crippen molar-refractivity contribution in [2.75, 3.05) is 26.7 Å². The van der Waals surface area contributed by atoms with Crippen LogP contribution in [0.2, 0.25) is 0 Å². The van der Waals surface area contributed by atoms with Crippen LogP contribution in [0.3, 0.4) is 0 Å². The van der Waals surface area contributed by atoms with Crippen LogP contribution < -0.4 is 5.32 Å². The van der Waals surface area contributed by atoms with Crippen molar-refractivity contribution in [1.29, 1.82) is 0 Å². The molecule has 1 aliphatic heterocycles. The largest absolute Gasteiger partial charge is 0.374 e. The Morgan fingerprint density at radius 2 is 2.32 bits per heavy atom. The lowest BCUT2D eigenvalue weighted by molar-refractivity contribution is -0.0543. The Bertz CT molecular complexity index is 392. The lowest BCUT2D eigenvalue weighted by Crippen LogP contribution is -2.53. The van der Waals surface area contributed by atoms with Crippen molar-refractivity contribution < 1.29 is 4.74 Å². The fraction of sp³-hybridized carbons (Fsp3) is 0.846. The van der Waals surface area contributed by atoms with Gasteiger partial charge in [-0.15, -0.1) is 5.10 Å². The molecule has 0 radical (unpaired) electrons. The second-order valence-corrected chi connectivity index (χ2v) is 5.48. The summed E-state index contributed by atoms with van der Waals surface area (Å²) in [6.07, 6.45) is 3.03. The zero-order chi connectivity index (χ0) is 13.8. The summed E-state index contributed by atoms with van der Waals surface area (Å²) in [5.41, 5.74) is 1.01. The molecule has 0 saturated carbocycles. The first-order chi connectivity index (χ1) is 9.10. The van der Waals surface area contributed by atoms with Crippen LogP contribution in [-0.4, -0.2) is 64.8 Å². The molecule has 2 unspecified atom stereocenters. The number of aromatic nitrogens is 3. The number of nitrogens with zero attached hydrogens (tertiary/aromatic N) is 4. The third-order valence-corrected chi connectivity index (χ3v) is 3.75. The molecule has 0 amide bonds. The van der Waals surface area contributed by atoms with Gasteiger partial charge in [-0.25, -0.2) is 0 Å². The molecule has 2 heterocycles. The number of ether oxygens (including phenoxy) is 1. The van der Waals surface area contributed by atoms with Crippen LogP contribution in [0.25, 0.3) is 0 Å². The van der Waals surface area contributed by atoms with Gasteiger partial charge in [0.2, 0.25) is 0 Å². The van der Waals surface area contributed by atoms with Crippen LogP contribution in [0, 0.1) is 0 Å². The fourth-order valence-electron chi connectivity index (χ4n) is 2.54. The third kappa shape index (κ3) is 3.75. The van der Waals surface area contributed by atoms with Crippen molar-refractivity contribution in [3.8, 4) is 0 Å². The molecule has 6 nitrogen and oxygen atoms in total. The second kappa shape index (κ2) is 6.45. The van der Waals surface area contributed by atoms with Gasteiger partial charge in [0.15, 0.2) is 0 Å². The highest BCUT2D eigenvalue weighted by Crippen LogP contribution is 2.14. The van der Waals surface area contributed by atoms with Gasteiger partial charge >= 0.3 is 0 Å². The van der Waals surface area contributed by atoms with E-state index < -0.39 is 0 Å². The van der Waals surface area contributed by atoms with Crippen LogP contribution in [-0.2, 0) is 18.2 Å². The molecule has 1 fully saturated rings. The summed E-state index contributed by atoms with van der Waals surface area (Å²) in [6.45, 7) is 7.28. The highest BCUT2D eigenvalue weighted by atomic mass is 16.5. The van der Waals surface area contributed by atoms with Gasteiger partial charge < -0.3 is 10.1 Å². The van der Waals surface area contributed by atoms with E-state index >= 15 is 0 Å². The molecule has 1 aromatic rings. The topological polar surface area (TPSA) is 55.2 Å². The maximum Gasteiger partial charge on any atom is 0.0859 e. The summed E-state index contributed by atoms with van der Waals surface area (Å²) in [5, 5.41) is 11.5. The predicted octanol–water partition coefficient (Wildman–Crippen LogP) is 0.0548. The maximum atomic E-state index is 5.93. The Hall–Kier alpha value is -0.980. The lowest BCUT2D eigenvalue weighted by atomic mass is 10.0. The monoisotopic (exact) mass is 267 g/mol. The zero-order valence-electron chi connectivity index (χ0n) is 12.3. The van der Waals surface area contributed by atoms with Crippen LogP contribution in [0.15, 0.2) is 6.20 Å². The molecule has 0 bridgehead atoms. The minimum Gasteiger partial charge on any atom is -0.374 e. The Labute approximate surface area is 115 Å². The quantitative estimate of drug-likeness (QED) is 0.817. The van der Waals surface area contributed by atoms with Crippen molar-refractivity contribution in [2.24, 2.45) is 7.05 Å². The van der Waals surface area contributed by atoms with Gasteiger partial charge in [-0.05, 0) is 20.9 Å². The molecular weight excluding hydrogens is 242 g/mol. The van der Waals surface area contributed by atoms with Gasteiger partial charge in [0, 0.05) is 44.8 Å². The number of likely N-dealkylation sites (N-methyl/N-ethyl adjacent to an activating group) is 1. The van der Waals surface area contributed by atoms with E-state index in [2.05, 4.69) is 34.4 Å². The smallest absolute Gasteiger partial charge is 0.0859 e. The van der Waals surface area contributed by atoms with E-state index in [-0.39, 0.29) is 12.1 Å². The molecule has 2 atom stereocenters. The number of rotatable bonds is 5. The molecule has 1 saturated heterocycles. The van der Waals surface area contributed by atoms with Gasteiger partial charge in [-0.3, -0.25) is 9.58 Å². The summed E-state index contributed by atoms with van der Waals surface area (Å²) >= 11 is 0. The Morgan fingerprint density at radius 3 is 2.89 bits per heavy atom. The molecule has 108 valence electrons. The second-order valence-electron chi connectivity index (χ2n) is 5.48. The zero-order valence-corrected chi connectivity index (χ0v) is 12.3. The van der Waals surface area contributed by atoms with Crippen molar-refractivity contribution in [2.45, 2.75) is 38.5 Å². The molecule has 0 spiro atoms. The Morgan fingerprint density at radius 1 is 1.53 bits per heavy atom. The summed E-state index contributed by atoms with van der Waals surface area (Å²) in [7, 11) is 3.88. The number of nitrogens with one attached hydrogen (secondary N) is 1. The van der Waals surface area contributed by atoms with E-state index in [0.29, 0.717) is 6.04 Å². The molecule has 1 aliphatic rings. The third-order valence-electron chi connectivity index (χ3n) is 3.75. The number of hydrogen-bond acceptors (Lipinski definition) is 5. The van der Waals surface area contributed by atoms with Crippen LogP contribution in [0.4, 0.5) is 0 Å². The molecule has 19 heavy (non-hydrogen) atoms. The van der Waals surface area contributed by atoms with Gasteiger partial charge in [0.25, 0.3) is 0 Å². The van der Waals surface area contributed by atoms with E-state index in [9.17, 15) is 0 Å². The van der Waals surface area contributed by atoms with E-state index in [4.69, 9.17) is 4.74 Å². The average molecular weight is 267 g/mol. The van der Waals surface area contributed by atoms with E-state index in [0.717, 1.165) is 31.8 Å². The van der Waals surface area contributed by atoms with Crippen molar-refractivity contribution in [3.05, 3.63) is 11.9 Å². The molecule has 2 rings (SSSR count). The van der Waals surface area contributed by atoms with Gasteiger partial charge in [-0.2, -0.15) is 0 Å². The molecule has 6 heteroatoms. The average Bonchev–Trinajstić information content (AvgIpc) is 2.81. The van der Waals surface area contributed by atoms with E-state index in [1.807, 2.05) is 20.3 Å². The van der Waals surface area contributed by atoms with Gasteiger partial charge in [-0.1, -0.05) is 5.21 Å². The summed E-state index contributed by atoms with van der Waals surface area (Å²) in [6, 6.07) is 0.846. The molecule has 0 aliphatic carbocycles. The molecular formula is C13H25N5O. The lowest BCUT2D eigenvalue weighted by Gasteiger charge is -2.38. The SMILES string of the molecule is CNC(Cc1cn(C)nn1)C1CN(C(C)C)CCO1. The number of hydrogen-bond donors (Lipinski definition) is 1. The Balaban J connectivity index is 1.96. The standard InChI is InChI=1S/C13H25N5O/c1-10(2)18-5-6-19-13(9-18)12(14-3)7-11-8-17(4)16-15-11/h8,10,12-14H,5-7,9H2,1-4H3. The fourth-order valence-corrected chi connectivity index (χ4v) is 2.54. The minimum absolute atomic E-state index is 0.211. The highest BCUT2D eigenvalue weighted by Gasteiger charge is 2.28. The molecule has 1 N–H and O–H groups in total. The number of aryl methyl sites for hydroxylation is 1. The first-order valence-electron chi connectivity index (χ1n) is 6.98. The van der Waals surface area contributed by atoms with E-state index in [1.165, 1.54) is 0 Å². The van der Waals surface area contributed by atoms with Crippen LogP contribution in [0.5, 0.6) is 0 Å². The maximum absolute atomic E-state index is 5.93. The molecule has 1 aromatic heterocycles. The first kappa shape index (κ1) is 14.4. The van der Waals surface area contributed by atoms with E-state index in [1.54, 1.807) is 4.68 Å². The van der Waals surface area contributed by atoms with Gasteiger partial charge in [0.05, 0.1) is 18.4 Å². The highest BCUT2D eigenvalue weighted by molar-refractivity contribution is 4.98. The van der Waals surface area contributed by atoms with Crippen LogP contribution >= 0.6 is 0 Å². The first-order valence-corrected chi connectivity index (χ1v) is 6.98.